The third-order valence-electron chi connectivity index (χ3n) is 4.13. The number of aromatic amines is 2. The van der Waals surface area contributed by atoms with Crippen LogP contribution in [-0.2, 0) is 7.05 Å². The smallest absolute Gasteiger partial charge is 0.431 e. The van der Waals surface area contributed by atoms with Gasteiger partial charge in [0.05, 0.1) is 16.6 Å². The minimum Gasteiger partial charge on any atom is -0.456 e. The molecule has 4 aromatic rings. The molecule has 2 N–H and O–H groups in total. The summed E-state index contributed by atoms with van der Waals surface area (Å²) in [5.74, 6) is -0.363. The molecular weight excluding hydrogens is 407 g/mol. The van der Waals surface area contributed by atoms with Gasteiger partial charge in [-0.2, -0.15) is 13.2 Å². The van der Waals surface area contributed by atoms with Gasteiger partial charge in [-0.25, -0.2) is 9.48 Å². The molecule has 0 aliphatic rings. The van der Waals surface area contributed by atoms with Crippen molar-refractivity contribution in [3.05, 3.63) is 63.2 Å². The minimum absolute atomic E-state index is 0.0132. The van der Waals surface area contributed by atoms with Gasteiger partial charge in [0, 0.05) is 19.4 Å². The molecule has 0 unspecified atom stereocenters. The van der Waals surface area contributed by atoms with Gasteiger partial charge in [0.25, 0.3) is 5.56 Å². The van der Waals surface area contributed by atoms with Crippen LogP contribution in [-0.4, -0.2) is 41.1 Å². The van der Waals surface area contributed by atoms with E-state index >= 15 is 0 Å². The van der Waals surface area contributed by atoms with E-state index in [0.29, 0.717) is 0 Å². The predicted octanol–water partition coefficient (Wildman–Crippen LogP) is 1.48. The lowest BCUT2D eigenvalue weighted by Gasteiger charge is -2.20. The summed E-state index contributed by atoms with van der Waals surface area (Å²) in [6, 6.07) is 5.39. The zero-order chi connectivity index (χ0) is 21.5. The SMILES string of the molecule is Cn1nc(O[C@H](c2ccccn2)C(F)(F)F)c2cc(-c3c[nH]c(=O)[nH]c3=O)nnc21. The molecule has 10 nitrogen and oxygen atoms in total. The highest BCUT2D eigenvalue weighted by Gasteiger charge is 2.44. The quantitative estimate of drug-likeness (QED) is 0.512. The van der Waals surface area contributed by atoms with Crippen LogP contribution in [0, 0.1) is 0 Å². The number of aromatic nitrogens is 7. The summed E-state index contributed by atoms with van der Waals surface area (Å²) in [4.78, 5) is 31.3. The first-order valence-corrected chi connectivity index (χ1v) is 8.41. The summed E-state index contributed by atoms with van der Waals surface area (Å²) in [6.07, 6.45) is -4.79. The topological polar surface area (TPSA) is 131 Å². The van der Waals surface area contributed by atoms with E-state index in [1.165, 1.54) is 42.2 Å². The molecule has 1 atom stereocenters. The van der Waals surface area contributed by atoms with Gasteiger partial charge in [-0.15, -0.1) is 15.3 Å². The molecule has 4 aromatic heterocycles. The second kappa shape index (κ2) is 7.09. The van der Waals surface area contributed by atoms with Crippen LogP contribution in [0.2, 0.25) is 0 Å². The number of H-pyrrole nitrogens is 2. The third-order valence-corrected chi connectivity index (χ3v) is 4.13. The molecule has 4 rings (SSSR count). The van der Waals surface area contributed by atoms with E-state index < -0.39 is 23.5 Å². The Morgan fingerprint density at radius 3 is 2.67 bits per heavy atom. The fraction of sp³-hybridized carbons (Fsp3) is 0.176. The zero-order valence-electron chi connectivity index (χ0n) is 15.1. The van der Waals surface area contributed by atoms with E-state index in [1.54, 1.807) is 0 Å². The van der Waals surface area contributed by atoms with Crippen molar-refractivity contribution >= 4 is 11.0 Å². The second-order valence-electron chi connectivity index (χ2n) is 6.18. The second-order valence-corrected chi connectivity index (χ2v) is 6.18. The molecule has 0 spiro atoms. The molecule has 0 fully saturated rings. The summed E-state index contributed by atoms with van der Waals surface area (Å²) in [5.41, 5.74) is -1.68. The summed E-state index contributed by atoms with van der Waals surface area (Å²) in [6.45, 7) is 0. The number of hydrogen-bond donors (Lipinski definition) is 2. The molecule has 0 aliphatic carbocycles. The van der Waals surface area contributed by atoms with Crippen LogP contribution < -0.4 is 16.0 Å². The fourth-order valence-corrected chi connectivity index (χ4v) is 2.78. The average Bonchev–Trinajstić information content (AvgIpc) is 3.01. The summed E-state index contributed by atoms with van der Waals surface area (Å²) < 4.78 is 47.3. The molecule has 0 amide bonds. The van der Waals surface area contributed by atoms with Crippen LogP contribution in [0.3, 0.4) is 0 Å². The number of aryl methyl sites for hydroxylation is 1. The van der Waals surface area contributed by atoms with Crippen molar-refractivity contribution in [1.82, 2.24) is 34.9 Å². The highest BCUT2D eigenvalue weighted by molar-refractivity contribution is 5.84. The van der Waals surface area contributed by atoms with E-state index in [2.05, 4.69) is 25.3 Å². The van der Waals surface area contributed by atoms with Gasteiger partial charge in [0.2, 0.25) is 12.0 Å². The minimum atomic E-state index is -4.77. The van der Waals surface area contributed by atoms with Crippen molar-refractivity contribution in [2.75, 3.05) is 0 Å². The molecule has 4 heterocycles. The molecule has 13 heteroatoms. The van der Waals surface area contributed by atoms with Crippen molar-refractivity contribution in [3.8, 4) is 17.1 Å². The first-order chi connectivity index (χ1) is 14.2. The molecular formula is C17H12F3N7O3. The lowest BCUT2D eigenvalue weighted by Crippen LogP contribution is -2.27. The number of nitrogens with zero attached hydrogens (tertiary/aromatic N) is 5. The normalized spacial score (nSPS) is 12.8. The largest absolute Gasteiger partial charge is 0.456 e. The van der Waals surface area contributed by atoms with Crippen LogP contribution in [0.25, 0.3) is 22.3 Å². The highest BCUT2D eigenvalue weighted by atomic mass is 19.4. The van der Waals surface area contributed by atoms with Crippen molar-refractivity contribution in [1.29, 1.82) is 0 Å². The first-order valence-electron chi connectivity index (χ1n) is 8.41. The molecule has 0 aliphatic heterocycles. The number of halogens is 3. The molecule has 30 heavy (non-hydrogen) atoms. The lowest BCUT2D eigenvalue weighted by molar-refractivity contribution is -0.199. The standard InChI is InChI=1S/C17H12F3N7O3/c1-27-13-8(6-11(24-25-13)9-7-22-16(29)23-14(9)28)15(26-27)30-12(17(18,19)20)10-4-2-3-5-21-10/h2-7,12H,1H3,(H2,22,23,28,29)/t12-/m1/s1. The first kappa shape index (κ1) is 19.3. The maximum absolute atomic E-state index is 13.6. The van der Waals surface area contributed by atoms with Crippen LogP contribution in [0.15, 0.2) is 46.2 Å². The Bertz CT molecular complexity index is 1330. The van der Waals surface area contributed by atoms with Crippen LogP contribution in [0.1, 0.15) is 11.8 Å². The number of hydrogen-bond acceptors (Lipinski definition) is 7. The molecule has 0 saturated heterocycles. The Balaban J connectivity index is 1.82. The Kier molecular flexibility index (Phi) is 4.56. The fourth-order valence-electron chi connectivity index (χ4n) is 2.78. The monoisotopic (exact) mass is 419 g/mol. The van der Waals surface area contributed by atoms with Crippen molar-refractivity contribution in [3.63, 3.8) is 0 Å². The maximum atomic E-state index is 13.6. The van der Waals surface area contributed by atoms with Gasteiger partial charge in [-0.3, -0.25) is 14.8 Å². The highest BCUT2D eigenvalue weighted by Crippen LogP contribution is 2.37. The Morgan fingerprint density at radius 1 is 1.20 bits per heavy atom. The maximum Gasteiger partial charge on any atom is 0.431 e. The van der Waals surface area contributed by atoms with Gasteiger partial charge in [-0.05, 0) is 18.2 Å². The van der Waals surface area contributed by atoms with E-state index in [-0.39, 0.29) is 33.9 Å². The summed E-state index contributed by atoms with van der Waals surface area (Å²) in [7, 11) is 1.46. The summed E-state index contributed by atoms with van der Waals surface area (Å²) in [5, 5.41) is 11.9. The van der Waals surface area contributed by atoms with Crippen LogP contribution in [0.4, 0.5) is 13.2 Å². The molecule has 154 valence electrons. The molecule has 0 aromatic carbocycles. The van der Waals surface area contributed by atoms with E-state index in [9.17, 15) is 22.8 Å². The molecule has 0 radical (unpaired) electrons. The third kappa shape index (κ3) is 3.52. The van der Waals surface area contributed by atoms with Gasteiger partial charge >= 0.3 is 11.9 Å². The summed E-state index contributed by atoms with van der Waals surface area (Å²) >= 11 is 0. The lowest BCUT2D eigenvalue weighted by atomic mass is 10.2. The van der Waals surface area contributed by atoms with E-state index in [1.807, 2.05) is 4.98 Å². The van der Waals surface area contributed by atoms with Crippen molar-refractivity contribution < 1.29 is 17.9 Å². The molecule has 0 bridgehead atoms. The van der Waals surface area contributed by atoms with Crippen LogP contribution >= 0.6 is 0 Å². The number of pyridine rings is 1. The van der Waals surface area contributed by atoms with E-state index in [0.717, 1.165) is 6.20 Å². The Morgan fingerprint density at radius 2 is 2.00 bits per heavy atom. The van der Waals surface area contributed by atoms with Crippen molar-refractivity contribution in [2.24, 2.45) is 7.05 Å². The van der Waals surface area contributed by atoms with Crippen LogP contribution in [0.5, 0.6) is 5.88 Å². The van der Waals surface area contributed by atoms with Crippen molar-refractivity contribution in [2.45, 2.75) is 12.3 Å². The van der Waals surface area contributed by atoms with Gasteiger partial charge in [-0.1, -0.05) is 6.07 Å². The Hall–Kier alpha value is -4.03. The number of rotatable bonds is 4. The number of nitrogens with one attached hydrogen (secondary N) is 2. The zero-order valence-corrected chi connectivity index (χ0v) is 15.1. The van der Waals surface area contributed by atoms with Gasteiger partial charge < -0.3 is 9.72 Å². The number of ether oxygens (including phenoxy) is 1. The van der Waals surface area contributed by atoms with E-state index in [4.69, 9.17) is 4.74 Å². The average molecular weight is 419 g/mol. The predicted molar refractivity (Wildman–Crippen MR) is 96.6 cm³/mol. The number of fused-ring (bicyclic) bond motifs is 1. The van der Waals surface area contributed by atoms with Gasteiger partial charge in [0.15, 0.2) is 5.65 Å². The van der Waals surface area contributed by atoms with Gasteiger partial charge in [0.1, 0.15) is 5.69 Å². The number of alkyl halides is 3. The Labute approximate surface area is 164 Å². The molecule has 0 saturated carbocycles.